The number of nitriles is 1. The number of nitrogens with one attached hydrogen (secondary N) is 1. The fourth-order valence-electron chi connectivity index (χ4n) is 2.18. The minimum atomic E-state index is -4.43. The van der Waals surface area contributed by atoms with E-state index in [0.717, 1.165) is 23.5 Å². The molecule has 0 unspecified atom stereocenters. The Kier molecular flexibility index (Phi) is 4.73. The number of hydrogen-bond donors (Lipinski definition) is 1. The molecule has 1 amide bonds. The first-order valence-electron chi connectivity index (χ1n) is 7.31. The van der Waals surface area contributed by atoms with Crippen molar-refractivity contribution in [1.82, 2.24) is 4.98 Å². The number of alkyl halides is 3. The molecule has 0 bridgehead atoms. The highest BCUT2D eigenvalue weighted by Gasteiger charge is 2.30. The van der Waals surface area contributed by atoms with Crippen molar-refractivity contribution in [3.8, 4) is 17.3 Å². The Balaban J connectivity index is 1.78. The van der Waals surface area contributed by atoms with E-state index in [0.29, 0.717) is 22.4 Å². The zero-order valence-electron chi connectivity index (χ0n) is 13.0. The standard InChI is InChI=1S/C18H10F3N3OS/c19-18(20,21)14-3-1-2-13(8-14)15-10-26-17(23-15)24-16(25)12-6-4-11(9-22)5-7-12/h1-8,10H,(H,23,24,25). The minimum Gasteiger partial charge on any atom is -0.298 e. The van der Waals surface area contributed by atoms with Crippen molar-refractivity contribution in [1.29, 1.82) is 5.26 Å². The first-order valence-corrected chi connectivity index (χ1v) is 8.19. The summed E-state index contributed by atoms with van der Waals surface area (Å²) >= 11 is 1.11. The summed E-state index contributed by atoms with van der Waals surface area (Å²) in [7, 11) is 0. The number of benzene rings is 2. The molecule has 0 saturated heterocycles. The van der Waals surface area contributed by atoms with Gasteiger partial charge in [-0.15, -0.1) is 11.3 Å². The summed E-state index contributed by atoms with van der Waals surface area (Å²) in [5, 5.41) is 13.2. The number of anilines is 1. The van der Waals surface area contributed by atoms with Crippen molar-refractivity contribution in [2.75, 3.05) is 5.32 Å². The maximum Gasteiger partial charge on any atom is 0.416 e. The second-order valence-electron chi connectivity index (χ2n) is 5.26. The molecule has 26 heavy (non-hydrogen) atoms. The maximum atomic E-state index is 12.8. The number of carbonyl (C=O) groups is 1. The van der Waals surface area contributed by atoms with Crippen molar-refractivity contribution < 1.29 is 18.0 Å². The molecule has 3 rings (SSSR count). The van der Waals surface area contributed by atoms with E-state index in [-0.39, 0.29) is 5.13 Å². The third-order valence-electron chi connectivity index (χ3n) is 3.49. The topological polar surface area (TPSA) is 65.8 Å². The van der Waals surface area contributed by atoms with Gasteiger partial charge in [0, 0.05) is 16.5 Å². The average molecular weight is 373 g/mol. The van der Waals surface area contributed by atoms with Gasteiger partial charge in [0.05, 0.1) is 22.9 Å². The fraction of sp³-hybridized carbons (Fsp3) is 0.0556. The van der Waals surface area contributed by atoms with Gasteiger partial charge in [-0.1, -0.05) is 12.1 Å². The molecule has 1 N–H and O–H groups in total. The van der Waals surface area contributed by atoms with Gasteiger partial charge in [-0.25, -0.2) is 4.98 Å². The Morgan fingerprint density at radius 1 is 1.15 bits per heavy atom. The van der Waals surface area contributed by atoms with Gasteiger partial charge in [0.25, 0.3) is 5.91 Å². The maximum absolute atomic E-state index is 12.8. The van der Waals surface area contributed by atoms with Gasteiger partial charge in [0.1, 0.15) is 0 Å². The fourth-order valence-corrected chi connectivity index (χ4v) is 2.90. The summed E-state index contributed by atoms with van der Waals surface area (Å²) in [6.45, 7) is 0. The molecule has 4 nitrogen and oxygen atoms in total. The molecule has 0 spiro atoms. The summed E-state index contributed by atoms with van der Waals surface area (Å²) in [4.78, 5) is 16.3. The van der Waals surface area contributed by atoms with Crippen LogP contribution in [0.4, 0.5) is 18.3 Å². The average Bonchev–Trinajstić information content (AvgIpc) is 3.09. The quantitative estimate of drug-likeness (QED) is 0.706. The molecule has 0 radical (unpaired) electrons. The SMILES string of the molecule is N#Cc1ccc(C(=O)Nc2nc(-c3cccc(C(F)(F)F)c3)cs2)cc1. The van der Waals surface area contributed by atoms with E-state index in [4.69, 9.17) is 5.26 Å². The van der Waals surface area contributed by atoms with Gasteiger partial charge in [-0.3, -0.25) is 10.1 Å². The molecule has 3 aromatic rings. The Hall–Kier alpha value is -3.18. The molecule has 0 atom stereocenters. The number of halogens is 3. The lowest BCUT2D eigenvalue weighted by molar-refractivity contribution is -0.137. The largest absolute Gasteiger partial charge is 0.416 e. The lowest BCUT2D eigenvalue weighted by atomic mass is 10.1. The lowest BCUT2D eigenvalue weighted by Crippen LogP contribution is -2.11. The molecule has 0 aliphatic rings. The number of aromatic nitrogens is 1. The van der Waals surface area contributed by atoms with Crippen LogP contribution in [0.2, 0.25) is 0 Å². The smallest absolute Gasteiger partial charge is 0.298 e. The van der Waals surface area contributed by atoms with Gasteiger partial charge < -0.3 is 0 Å². The molecule has 130 valence electrons. The highest BCUT2D eigenvalue weighted by atomic mass is 32.1. The number of rotatable bonds is 3. The predicted molar refractivity (Wildman–Crippen MR) is 91.7 cm³/mol. The van der Waals surface area contributed by atoms with E-state index in [1.807, 2.05) is 6.07 Å². The second kappa shape index (κ2) is 6.98. The van der Waals surface area contributed by atoms with E-state index < -0.39 is 17.6 Å². The Labute approximate surface area is 150 Å². The Morgan fingerprint density at radius 3 is 2.54 bits per heavy atom. The van der Waals surface area contributed by atoms with Crippen molar-refractivity contribution in [3.63, 3.8) is 0 Å². The number of nitrogens with zero attached hydrogens (tertiary/aromatic N) is 2. The zero-order chi connectivity index (χ0) is 18.7. The lowest BCUT2D eigenvalue weighted by Gasteiger charge is -2.07. The van der Waals surface area contributed by atoms with Gasteiger partial charge in [0.2, 0.25) is 0 Å². The molecular formula is C18H10F3N3OS. The molecule has 0 aliphatic carbocycles. The molecule has 1 heterocycles. The van der Waals surface area contributed by atoms with Crippen molar-refractivity contribution in [3.05, 3.63) is 70.6 Å². The van der Waals surface area contributed by atoms with Crippen LogP contribution in [0, 0.1) is 11.3 Å². The van der Waals surface area contributed by atoms with Gasteiger partial charge >= 0.3 is 6.18 Å². The monoisotopic (exact) mass is 373 g/mol. The van der Waals surface area contributed by atoms with Crippen LogP contribution in [0.15, 0.2) is 53.9 Å². The van der Waals surface area contributed by atoms with E-state index in [1.54, 1.807) is 5.38 Å². The molecule has 0 saturated carbocycles. The third kappa shape index (κ3) is 3.90. The summed E-state index contributed by atoms with van der Waals surface area (Å²) < 4.78 is 38.4. The van der Waals surface area contributed by atoms with E-state index in [9.17, 15) is 18.0 Å². The number of hydrogen-bond acceptors (Lipinski definition) is 4. The zero-order valence-corrected chi connectivity index (χ0v) is 13.9. The van der Waals surface area contributed by atoms with Crippen molar-refractivity contribution >= 4 is 22.4 Å². The minimum absolute atomic E-state index is 0.270. The number of amides is 1. The summed E-state index contributed by atoms with van der Waals surface area (Å²) in [5.41, 5.74) is 0.680. The van der Waals surface area contributed by atoms with Crippen LogP contribution in [-0.2, 0) is 6.18 Å². The summed E-state index contributed by atoms with van der Waals surface area (Å²) in [6.07, 6.45) is -4.43. The first-order chi connectivity index (χ1) is 12.4. The van der Waals surface area contributed by atoms with Gasteiger partial charge in [-0.2, -0.15) is 18.4 Å². The third-order valence-corrected chi connectivity index (χ3v) is 4.24. The van der Waals surface area contributed by atoms with E-state index in [2.05, 4.69) is 10.3 Å². The van der Waals surface area contributed by atoms with Crippen LogP contribution in [0.25, 0.3) is 11.3 Å². The van der Waals surface area contributed by atoms with Crippen LogP contribution >= 0.6 is 11.3 Å². The molecular weight excluding hydrogens is 363 g/mol. The highest BCUT2D eigenvalue weighted by molar-refractivity contribution is 7.14. The van der Waals surface area contributed by atoms with Crippen LogP contribution in [-0.4, -0.2) is 10.9 Å². The number of thiazole rings is 1. The Bertz CT molecular complexity index is 988. The summed E-state index contributed by atoms with van der Waals surface area (Å²) in [6, 6.07) is 12.9. The second-order valence-corrected chi connectivity index (χ2v) is 6.12. The molecule has 0 fully saturated rings. The number of carbonyl (C=O) groups excluding carboxylic acids is 1. The van der Waals surface area contributed by atoms with Crippen LogP contribution in [0.3, 0.4) is 0 Å². The summed E-state index contributed by atoms with van der Waals surface area (Å²) in [5.74, 6) is -0.417. The van der Waals surface area contributed by atoms with Crippen LogP contribution in [0.1, 0.15) is 21.5 Å². The van der Waals surface area contributed by atoms with Crippen LogP contribution < -0.4 is 5.32 Å². The Morgan fingerprint density at radius 2 is 1.88 bits per heavy atom. The van der Waals surface area contributed by atoms with Crippen LogP contribution in [0.5, 0.6) is 0 Å². The van der Waals surface area contributed by atoms with Crippen molar-refractivity contribution in [2.45, 2.75) is 6.18 Å². The highest BCUT2D eigenvalue weighted by Crippen LogP contribution is 2.33. The molecule has 1 aromatic heterocycles. The normalized spacial score (nSPS) is 11.0. The van der Waals surface area contributed by atoms with Crippen molar-refractivity contribution in [2.24, 2.45) is 0 Å². The van der Waals surface area contributed by atoms with Gasteiger partial charge in [-0.05, 0) is 36.4 Å². The van der Waals surface area contributed by atoms with E-state index in [1.165, 1.54) is 36.4 Å². The molecule has 2 aromatic carbocycles. The molecule has 8 heteroatoms. The predicted octanol–water partition coefficient (Wildman–Crippen LogP) is 4.95. The first kappa shape index (κ1) is 17.6. The van der Waals surface area contributed by atoms with E-state index >= 15 is 0 Å². The van der Waals surface area contributed by atoms with Gasteiger partial charge in [0.15, 0.2) is 5.13 Å². The molecule has 0 aliphatic heterocycles.